The van der Waals surface area contributed by atoms with E-state index < -0.39 is 35.4 Å². The summed E-state index contributed by atoms with van der Waals surface area (Å²) in [6.07, 6.45) is 0.782. The Kier molecular flexibility index (Phi) is 7.22. The number of pyridine rings is 2. The summed E-state index contributed by atoms with van der Waals surface area (Å²) in [4.78, 5) is 31.9. The van der Waals surface area contributed by atoms with Crippen LogP contribution in [0.3, 0.4) is 0 Å². The summed E-state index contributed by atoms with van der Waals surface area (Å²) in [5, 5.41) is 16.5. The first-order valence-corrected chi connectivity index (χ1v) is 15.3. The van der Waals surface area contributed by atoms with Crippen molar-refractivity contribution in [1.82, 2.24) is 24.1 Å². The van der Waals surface area contributed by atoms with Gasteiger partial charge in [-0.2, -0.15) is 5.10 Å². The number of primary amides is 1. The highest BCUT2D eigenvalue weighted by atomic mass is 19.1. The van der Waals surface area contributed by atoms with E-state index in [4.69, 9.17) is 20.6 Å². The highest BCUT2D eigenvalue weighted by Crippen LogP contribution is 2.38. The van der Waals surface area contributed by atoms with Gasteiger partial charge >= 0.3 is 6.09 Å². The fourth-order valence-corrected chi connectivity index (χ4v) is 6.60. The molecule has 3 N–H and O–H groups in total. The van der Waals surface area contributed by atoms with Crippen LogP contribution in [0.4, 0.5) is 9.18 Å². The Labute approximate surface area is 256 Å². The van der Waals surface area contributed by atoms with Gasteiger partial charge in [0.25, 0.3) is 5.91 Å². The van der Waals surface area contributed by atoms with Crippen molar-refractivity contribution in [2.75, 3.05) is 6.54 Å². The average Bonchev–Trinajstić information content (AvgIpc) is 3.59. The third-order valence-corrected chi connectivity index (χ3v) is 8.86. The van der Waals surface area contributed by atoms with E-state index in [1.54, 1.807) is 30.6 Å². The lowest BCUT2D eigenvalue weighted by atomic mass is 9.78. The highest BCUT2D eigenvalue weighted by molar-refractivity contribution is 5.95. The van der Waals surface area contributed by atoms with Crippen LogP contribution in [0, 0.1) is 18.3 Å². The van der Waals surface area contributed by atoms with Gasteiger partial charge in [0.1, 0.15) is 29.2 Å². The fraction of sp³-hybridized carbons (Fsp3) is 0.515. The number of alkyl halides is 1. The lowest BCUT2D eigenvalue weighted by molar-refractivity contribution is -0.0571. The molecule has 10 nitrogen and oxygen atoms in total. The van der Waals surface area contributed by atoms with Gasteiger partial charge < -0.3 is 25.0 Å². The number of amides is 2. The van der Waals surface area contributed by atoms with Gasteiger partial charge in [0, 0.05) is 30.1 Å². The van der Waals surface area contributed by atoms with Gasteiger partial charge in [-0.3, -0.25) is 4.79 Å². The zero-order valence-electron chi connectivity index (χ0n) is 26.2. The Morgan fingerprint density at radius 1 is 1.14 bits per heavy atom. The van der Waals surface area contributed by atoms with E-state index >= 15 is 0 Å². The maximum Gasteiger partial charge on any atom is 0.404 e. The summed E-state index contributed by atoms with van der Waals surface area (Å²) >= 11 is 0. The first-order valence-electron chi connectivity index (χ1n) is 15.3. The molecule has 0 bridgehead atoms. The summed E-state index contributed by atoms with van der Waals surface area (Å²) in [7, 11) is 0. The summed E-state index contributed by atoms with van der Waals surface area (Å²) in [5.41, 5.74) is 9.00. The summed E-state index contributed by atoms with van der Waals surface area (Å²) < 4.78 is 24.1. The molecule has 2 fully saturated rings. The van der Waals surface area contributed by atoms with Crippen molar-refractivity contribution in [3.8, 4) is 11.4 Å². The van der Waals surface area contributed by atoms with Crippen LogP contribution < -0.4 is 5.73 Å². The number of hydrogen-bond donors (Lipinski definition) is 2. The molecule has 1 aliphatic carbocycles. The second-order valence-corrected chi connectivity index (χ2v) is 14.0. The molecular formula is C33H41FN6O4. The quantitative estimate of drug-likeness (QED) is 0.305. The van der Waals surface area contributed by atoms with E-state index in [2.05, 4.69) is 10.6 Å². The molecule has 1 aliphatic heterocycles. The highest BCUT2D eigenvalue weighted by Gasteiger charge is 2.47. The minimum Gasteiger partial charge on any atom is -0.444 e. The third kappa shape index (κ3) is 5.53. The van der Waals surface area contributed by atoms with E-state index in [9.17, 15) is 19.1 Å². The standard InChI is InChI=1S/C33H41FN6O4/c1-18-23-11-9-21(30(41)39-17-22(34)14-25(44-31(35)42)28(39)32(2,3)4)16-40(23)37-27(18)24-13-20-10-12-26(33(5,6)43)36-29(20)38(24)15-19-7-8-19/h9-13,16,19,22,25,28,43H,7-8,14-15,17H2,1-6H3,(H2,35,42)/t22-,25-,28?/m1/s1. The van der Waals surface area contributed by atoms with Gasteiger partial charge in [0.2, 0.25) is 0 Å². The number of rotatable bonds is 6. The smallest absolute Gasteiger partial charge is 0.404 e. The average molecular weight is 605 g/mol. The van der Waals surface area contributed by atoms with E-state index in [1.165, 1.54) is 4.90 Å². The number of halogens is 1. The number of aryl methyl sites for hydroxylation is 1. The van der Waals surface area contributed by atoms with Crippen LogP contribution >= 0.6 is 0 Å². The SMILES string of the molecule is Cc1c(-c2cc3ccc(C(C)(C)O)nc3n2CC2CC2)nn2cc(C(=O)N3C[C@H](F)C[C@@H](OC(N)=O)C3C(C)(C)C)ccc12. The van der Waals surface area contributed by atoms with Crippen LogP contribution in [0.2, 0.25) is 0 Å². The van der Waals surface area contributed by atoms with Crippen molar-refractivity contribution < 1.29 is 23.8 Å². The molecule has 1 saturated heterocycles. The Morgan fingerprint density at radius 3 is 2.50 bits per heavy atom. The number of aliphatic hydroxyl groups is 1. The Balaban J connectivity index is 1.40. The van der Waals surface area contributed by atoms with E-state index in [0.29, 0.717) is 17.2 Å². The van der Waals surface area contributed by atoms with Crippen molar-refractivity contribution in [2.24, 2.45) is 17.1 Å². The van der Waals surface area contributed by atoms with Crippen LogP contribution in [0.5, 0.6) is 0 Å². The Bertz CT molecular complexity index is 1760. The molecule has 0 aromatic carbocycles. The lowest BCUT2D eigenvalue weighted by Crippen LogP contribution is -2.61. The van der Waals surface area contributed by atoms with Crippen LogP contribution in [0.15, 0.2) is 36.5 Å². The number of fused-ring (bicyclic) bond motifs is 2. The van der Waals surface area contributed by atoms with Crippen LogP contribution in [-0.4, -0.2) is 66.0 Å². The normalized spacial score (nSPS) is 21.3. The van der Waals surface area contributed by atoms with E-state index in [-0.39, 0.29) is 18.9 Å². The zero-order valence-corrected chi connectivity index (χ0v) is 26.2. The lowest BCUT2D eigenvalue weighted by Gasteiger charge is -2.47. The van der Waals surface area contributed by atoms with Crippen LogP contribution in [0.25, 0.3) is 27.9 Å². The second kappa shape index (κ2) is 10.6. The number of hydrogen-bond acceptors (Lipinski definition) is 6. The zero-order chi connectivity index (χ0) is 31.7. The maximum absolute atomic E-state index is 14.9. The van der Waals surface area contributed by atoms with Gasteiger partial charge in [0.15, 0.2) is 0 Å². The number of aromatic nitrogens is 4. The molecule has 0 radical (unpaired) electrons. The Morgan fingerprint density at radius 2 is 1.86 bits per heavy atom. The van der Waals surface area contributed by atoms with Gasteiger partial charge in [-0.05, 0) is 75.3 Å². The first kappa shape index (κ1) is 30.1. The molecule has 4 aromatic heterocycles. The van der Waals surface area contributed by atoms with Crippen LogP contribution in [-0.2, 0) is 16.9 Å². The Hall–Kier alpha value is -3.99. The predicted molar refractivity (Wildman–Crippen MR) is 165 cm³/mol. The van der Waals surface area contributed by atoms with Crippen molar-refractivity contribution in [2.45, 2.75) is 91.3 Å². The fourth-order valence-electron chi connectivity index (χ4n) is 6.60. The number of nitrogens with zero attached hydrogens (tertiary/aromatic N) is 5. The molecule has 44 heavy (non-hydrogen) atoms. The number of piperidine rings is 1. The number of ether oxygens (including phenoxy) is 1. The molecule has 6 rings (SSSR count). The number of nitrogens with two attached hydrogens (primary N) is 1. The summed E-state index contributed by atoms with van der Waals surface area (Å²) in [6.45, 7) is 12.0. The van der Waals surface area contributed by atoms with Crippen molar-refractivity contribution >= 4 is 28.6 Å². The molecule has 1 unspecified atom stereocenters. The minimum absolute atomic E-state index is 0.0174. The van der Waals surface area contributed by atoms with Gasteiger partial charge in [0.05, 0.1) is 35.1 Å². The topological polar surface area (TPSA) is 128 Å². The molecule has 0 spiro atoms. The second-order valence-electron chi connectivity index (χ2n) is 14.0. The number of carbonyl (C=O) groups is 2. The molecule has 2 aliphatic rings. The summed E-state index contributed by atoms with van der Waals surface area (Å²) in [6, 6.07) is 8.95. The molecule has 5 heterocycles. The van der Waals surface area contributed by atoms with Crippen molar-refractivity contribution in [3.05, 3.63) is 53.3 Å². The number of likely N-dealkylation sites (tertiary alicyclic amines) is 1. The van der Waals surface area contributed by atoms with Gasteiger partial charge in [-0.1, -0.05) is 20.8 Å². The number of carbonyl (C=O) groups excluding carboxylic acids is 2. The van der Waals surface area contributed by atoms with Gasteiger partial charge in [-0.15, -0.1) is 0 Å². The molecule has 3 atom stereocenters. The molecule has 1 saturated carbocycles. The molecule has 11 heteroatoms. The van der Waals surface area contributed by atoms with E-state index in [0.717, 1.165) is 52.9 Å². The monoisotopic (exact) mass is 604 g/mol. The van der Waals surface area contributed by atoms with E-state index in [1.807, 2.05) is 45.9 Å². The van der Waals surface area contributed by atoms with Crippen molar-refractivity contribution in [3.63, 3.8) is 0 Å². The van der Waals surface area contributed by atoms with Crippen LogP contribution in [0.1, 0.15) is 75.5 Å². The predicted octanol–water partition coefficient (Wildman–Crippen LogP) is 5.36. The molecule has 234 valence electrons. The van der Waals surface area contributed by atoms with Gasteiger partial charge in [-0.25, -0.2) is 18.7 Å². The largest absolute Gasteiger partial charge is 0.444 e. The van der Waals surface area contributed by atoms with Crippen molar-refractivity contribution in [1.29, 1.82) is 0 Å². The maximum atomic E-state index is 14.9. The summed E-state index contributed by atoms with van der Waals surface area (Å²) in [5.74, 6) is 0.202. The molecule has 2 amide bonds. The minimum atomic E-state index is -1.36. The third-order valence-electron chi connectivity index (χ3n) is 8.86. The molecule has 4 aromatic rings. The first-order chi connectivity index (χ1) is 20.6. The molecular weight excluding hydrogens is 563 g/mol.